The smallest absolute Gasteiger partial charge is 0.240 e. The van der Waals surface area contributed by atoms with Crippen LogP contribution in [0.25, 0.3) is 0 Å². The van der Waals surface area contributed by atoms with E-state index < -0.39 is 10.0 Å². The molecule has 20 heavy (non-hydrogen) atoms. The van der Waals surface area contributed by atoms with Crippen molar-refractivity contribution in [2.75, 3.05) is 19.6 Å². The molecule has 1 atom stereocenters. The lowest BCUT2D eigenvalue weighted by molar-refractivity contribution is -0.124. The van der Waals surface area contributed by atoms with Gasteiger partial charge in [-0.05, 0) is 12.1 Å². The van der Waals surface area contributed by atoms with E-state index in [1.165, 1.54) is 12.1 Å². The number of benzene rings is 1. The summed E-state index contributed by atoms with van der Waals surface area (Å²) in [6.07, 6.45) is 0. The molecule has 4 N–H and O–H groups in total. The lowest BCUT2D eigenvalue weighted by Gasteiger charge is -2.10. The first-order valence-electron chi connectivity index (χ1n) is 6.00. The van der Waals surface area contributed by atoms with E-state index in [2.05, 4.69) is 10.0 Å². The minimum atomic E-state index is -3.51. The Hall–Kier alpha value is -1.15. The maximum Gasteiger partial charge on any atom is 0.240 e. The first kappa shape index (κ1) is 18.9. The minimum absolute atomic E-state index is 0. The first-order valence-corrected chi connectivity index (χ1v) is 7.48. The number of halogens is 1. The van der Waals surface area contributed by atoms with E-state index in [0.29, 0.717) is 0 Å². The van der Waals surface area contributed by atoms with Crippen molar-refractivity contribution in [1.29, 1.82) is 0 Å². The number of amides is 1. The molecule has 8 heteroatoms. The van der Waals surface area contributed by atoms with Crippen LogP contribution in [0.15, 0.2) is 35.2 Å². The summed E-state index contributed by atoms with van der Waals surface area (Å²) < 4.78 is 26.1. The topological polar surface area (TPSA) is 101 Å². The number of hydrogen-bond acceptors (Lipinski definition) is 4. The fourth-order valence-electron chi connectivity index (χ4n) is 1.34. The normalized spacial score (nSPS) is 12.3. The summed E-state index contributed by atoms with van der Waals surface area (Å²) in [5, 5.41) is 2.61. The number of nitrogens with two attached hydrogens (primary N) is 1. The third kappa shape index (κ3) is 5.87. The average Bonchev–Trinajstić information content (AvgIpc) is 2.43. The number of sulfonamides is 1. The number of carbonyl (C=O) groups is 1. The van der Waals surface area contributed by atoms with Gasteiger partial charge in [-0.3, -0.25) is 4.79 Å². The van der Waals surface area contributed by atoms with Crippen LogP contribution in [-0.4, -0.2) is 34.0 Å². The van der Waals surface area contributed by atoms with Gasteiger partial charge in [-0.2, -0.15) is 0 Å². The van der Waals surface area contributed by atoms with E-state index in [1.54, 1.807) is 25.1 Å². The Labute approximate surface area is 125 Å². The van der Waals surface area contributed by atoms with Crippen LogP contribution in [0.3, 0.4) is 0 Å². The summed E-state index contributed by atoms with van der Waals surface area (Å²) in [7, 11) is -3.51. The van der Waals surface area contributed by atoms with Gasteiger partial charge >= 0.3 is 0 Å². The van der Waals surface area contributed by atoms with Crippen LogP contribution in [0.4, 0.5) is 0 Å². The van der Waals surface area contributed by atoms with E-state index >= 15 is 0 Å². The van der Waals surface area contributed by atoms with Crippen LogP contribution in [0.1, 0.15) is 6.92 Å². The summed E-state index contributed by atoms with van der Waals surface area (Å²) in [5.41, 5.74) is 5.35. The van der Waals surface area contributed by atoms with Gasteiger partial charge in [0, 0.05) is 25.6 Å². The lowest BCUT2D eigenvalue weighted by Crippen LogP contribution is -2.38. The third-order valence-corrected chi connectivity index (χ3v) is 4.05. The molecule has 1 amide bonds. The maximum absolute atomic E-state index is 11.8. The highest BCUT2D eigenvalue weighted by molar-refractivity contribution is 7.89. The zero-order valence-electron chi connectivity index (χ0n) is 11.2. The van der Waals surface area contributed by atoms with E-state index in [0.717, 1.165) is 0 Å². The quantitative estimate of drug-likeness (QED) is 0.620. The van der Waals surface area contributed by atoms with Crippen LogP contribution >= 0.6 is 12.4 Å². The van der Waals surface area contributed by atoms with Crippen molar-refractivity contribution in [2.24, 2.45) is 11.7 Å². The molecule has 1 aromatic rings. The molecule has 0 aliphatic rings. The van der Waals surface area contributed by atoms with Crippen molar-refractivity contribution in [3.63, 3.8) is 0 Å². The highest BCUT2D eigenvalue weighted by atomic mass is 35.5. The molecule has 0 bridgehead atoms. The van der Waals surface area contributed by atoms with Crippen molar-refractivity contribution in [1.82, 2.24) is 10.0 Å². The molecule has 6 nitrogen and oxygen atoms in total. The Bertz CT molecular complexity index is 508. The molecule has 1 aromatic carbocycles. The van der Waals surface area contributed by atoms with Gasteiger partial charge in [0.1, 0.15) is 0 Å². The summed E-state index contributed by atoms with van der Waals surface area (Å²) >= 11 is 0. The van der Waals surface area contributed by atoms with Gasteiger partial charge in [0.05, 0.1) is 4.90 Å². The predicted molar refractivity (Wildman–Crippen MR) is 80.1 cm³/mol. The second-order valence-electron chi connectivity index (χ2n) is 4.14. The van der Waals surface area contributed by atoms with Gasteiger partial charge in [-0.1, -0.05) is 25.1 Å². The zero-order valence-corrected chi connectivity index (χ0v) is 12.8. The van der Waals surface area contributed by atoms with E-state index in [9.17, 15) is 13.2 Å². The van der Waals surface area contributed by atoms with Crippen LogP contribution in [0.5, 0.6) is 0 Å². The van der Waals surface area contributed by atoms with Gasteiger partial charge in [0.15, 0.2) is 0 Å². The molecule has 1 unspecified atom stereocenters. The van der Waals surface area contributed by atoms with E-state index in [-0.39, 0.29) is 48.8 Å². The molecule has 0 aliphatic carbocycles. The molecule has 0 spiro atoms. The number of carbonyl (C=O) groups excluding carboxylic acids is 1. The molecule has 0 fully saturated rings. The standard InChI is InChI=1S/C12H19N3O3S.ClH/c1-10(9-13)12(16)14-7-8-15-19(17,18)11-5-3-2-4-6-11;/h2-6,10,15H,7-9,13H2,1H3,(H,14,16);1H. The Morgan fingerprint density at radius 1 is 1.25 bits per heavy atom. The first-order chi connectivity index (χ1) is 8.97. The molecular weight excluding hydrogens is 302 g/mol. The van der Waals surface area contributed by atoms with Gasteiger partial charge in [-0.15, -0.1) is 12.4 Å². The van der Waals surface area contributed by atoms with Gasteiger partial charge in [-0.25, -0.2) is 13.1 Å². The Morgan fingerprint density at radius 3 is 2.40 bits per heavy atom. The third-order valence-electron chi connectivity index (χ3n) is 2.57. The monoisotopic (exact) mass is 321 g/mol. The van der Waals surface area contributed by atoms with E-state index in [1.807, 2.05) is 0 Å². The van der Waals surface area contributed by atoms with Crippen LogP contribution < -0.4 is 15.8 Å². The van der Waals surface area contributed by atoms with E-state index in [4.69, 9.17) is 5.73 Å². The van der Waals surface area contributed by atoms with Crippen molar-refractivity contribution in [3.05, 3.63) is 30.3 Å². The zero-order chi connectivity index (χ0) is 14.3. The summed E-state index contributed by atoms with van der Waals surface area (Å²) in [6, 6.07) is 8.07. The van der Waals surface area contributed by atoms with Crippen LogP contribution in [0, 0.1) is 5.92 Å². The molecule has 0 saturated carbocycles. The summed E-state index contributed by atoms with van der Waals surface area (Å²) in [6.45, 7) is 2.35. The second kappa shape index (κ2) is 8.91. The van der Waals surface area contributed by atoms with Crippen molar-refractivity contribution in [3.8, 4) is 0 Å². The lowest BCUT2D eigenvalue weighted by atomic mass is 10.2. The summed E-state index contributed by atoms with van der Waals surface area (Å²) in [4.78, 5) is 11.6. The Morgan fingerprint density at radius 2 is 1.85 bits per heavy atom. The van der Waals surface area contributed by atoms with Gasteiger partial charge in [0.25, 0.3) is 0 Å². The number of rotatable bonds is 7. The maximum atomic E-state index is 11.8. The second-order valence-corrected chi connectivity index (χ2v) is 5.91. The molecule has 0 aliphatic heterocycles. The predicted octanol–water partition coefficient (Wildman–Crippen LogP) is 0.0977. The van der Waals surface area contributed by atoms with Crippen molar-refractivity contribution < 1.29 is 13.2 Å². The fourth-order valence-corrected chi connectivity index (χ4v) is 2.39. The van der Waals surface area contributed by atoms with Gasteiger partial charge < -0.3 is 11.1 Å². The van der Waals surface area contributed by atoms with Crippen molar-refractivity contribution in [2.45, 2.75) is 11.8 Å². The van der Waals surface area contributed by atoms with Crippen molar-refractivity contribution >= 4 is 28.3 Å². The molecular formula is C12H20ClN3O3S. The average molecular weight is 322 g/mol. The van der Waals surface area contributed by atoms with Crippen LogP contribution in [-0.2, 0) is 14.8 Å². The van der Waals surface area contributed by atoms with Crippen LogP contribution in [0.2, 0.25) is 0 Å². The Balaban J connectivity index is 0.00000361. The summed E-state index contributed by atoms with van der Waals surface area (Å²) in [5.74, 6) is -0.452. The molecule has 1 rings (SSSR count). The molecule has 114 valence electrons. The SMILES string of the molecule is CC(CN)C(=O)NCCNS(=O)(=O)c1ccccc1.Cl. The highest BCUT2D eigenvalue weighted by Gasteiger charge is 2.13. The number of nitrogens with one attached hydrogen (secondary N) is 2. The number of hydrogen-bond donors (Lipinski definition) is 3. The molecule has 0 heterocycles. The molecule has 0 saturated heterocycles. The minimum Gasteiger partial charge on any atom is -0.355 e. The molecule has 0 aromatic heterocycles. The highest BCUT2D eigenvalue weighted by Crippen LogP contribution is 2.06. The fraction of sp³-hybridized carbons (Fsp3) is 0.417. The molecule has 0 radical (unpaired) electrons. The Kier molecular flexibility index (Phi) is 8.40. The largest absolute Gasteiger partial charge is 0.355 e. The van der Waals surface area contributed by atoms with Gasteiger partial charge in [0.2, 0.25) is 15.9 Å².